The van der Waals surface area contributed by atoms with Crippen LogP contribution in [0.3, 0.4) is 0 Å². The maximum Gasteiger partial charge on any atom is 0.266 e. The van der Waals surface area contributed by atoms with Crippen molar-refractivity contribution in [2.75, 3.05) is 5.32 Å². The van der Waals surface area contributed by atoms with Gasteiger partial charge in [-0.25, -0.2) is 0 Å². The summed E-state index contributed by atoms with van der Waals surface area (Å²) < 4.78 is 5.95. The second kappa shape index (κ2) is 10.2. The standard InChI is InChI=1S/C27H18Cl2N2O2/c28-25-13-10-22(15-26(25)29)31-27(32)21(16-30)14-18-8-11-23(12-9-18)33-17-20-6-3-5-19-4-1-2-7-24(19)20/h1-15H,17H2,(H,31,32)/b21-14-. The molecule has 0 bridgehead atoms. The van der Waals surface area contributed by atoms with Crippen LogP contribution in [0.1, 0.15) is 11.1 Å². The average Bonchev–Trinajstić information content (AvgIpc) is 2.84. The van der Waals surface area contributed by atoms with Gasteiger partial charge in [0.05, 0.1) is 10.0 Å². The smallest absolute Gasteiger partial charge is 0.266 e. The summed E-state index contributed by atoms with van der Waals surface area (Å²) >= 11 is 11.9. The van der Waals surface area contributed by atoms with Crippen LogP contribution in [0.25, 0.3) is 16.8 Å². The topological polar surface area (TPSA) is 62.1 Å². The molecule has 0 fully saturated rings. The number of ether oxygens (including phenoxy) is 1. The van der Waals surface area contributed by atoms with E-state index in [-0.39, 0.29) is 5.57 Å². The largest absolute Gasteiger partial charge is 0.489 e. The van der Waals surface area contributed by atoms with Crippen LogP contribution in [-0.4, -0.2) is 5.91 Å². The molecule has 0 saturated carbocycles. The Hall–Kier alpha value is -3.78. The number of nitrogens with one attached hydrogen (secondary N) is 1. The molecule has 0 saturated heterocycles. The molecule has 4 aromatic rings. The number of hydrogen-bond donors (Lipinski definition) is 1. The van der Waals surface area contributed by atoms with E-state index < -0.39 is 5.91 Å². The van der Waals surface area contributed by atoms with Crippen molar-refractivity contribution in [1.82, 2.24) is 0 Å². The van der Waals surface area contributed by atoms with Gasteiger partial charge in [0.2, 0.25) is 0 Å². The van der Waals surface area contributed by atoms with E-state index in [1.807, 2.05) is 42.5 Å². The van der Waals surface area contributed by atoms with Crippen LogP contribution in [0.5, 0.6) is 5.75 Å². The van der Waals surface area contributed by atoms with Crippen LogP contribution in [-0.2, 0) is 11.4 Å². The highest BCUT2D eigenvalue weighted by Crippen LogP contribution is 2.25. The molecule has 0 aliphatic rings. The maximum atomic E-state index is 12.5. The number of halogens is 2. The zero-order valence-corrected chi connectivity index (χ0v) is 18.9. The normalized spacial score (nSPS) is 11.1. The Kier molecular flexibility index (Phi) is 6.95. The molecule has 1 amide bonds. The molecule has 1 N–H and O–H groups in total. The number of nitrogens with zero attached hydrogens (tertiary/aromatic N) is 1. The van der Waals surface area contributed by atoms with Crippen LogP contribution in [0.2, 0.25) is 10.0 Å². The van der Waals surface area contributed by atoms with E-state index in [9.17, 15) is 10.1 Å². The van der Waals surface area contributed by atoms with Crippen molar-refractivity contribution in [3.8, 4) is 11.8 Å². The molecular formula is C27H18Cl2N2O2. The highest BCUT2D eigenvalue weighted by Gasteiger charge is 2.11. The third-order valence-corrected chi connectivity index (χ3v) is 5.75. The van der Waals surface area contributed by atoms with E-state index in [1.165, 1.54) is 17.5 Å². The molecule has 0 heterocycles. The van der Waals surface area contributed by atoms with E-state index >= 15 is 0 Å². The molecule has 4 nitrogen and oxygen atoms in total. The number of rotatable bonds is 6. The highest BCUT2D eigenvalue weighted by atomic mass is 35.5. The molecule has 0 aliphatic heterocycles. The van der Waals surface area contributed by atoms with Gasteiger partial charge in [0.1, 0.15) is 24.0 Å². The monoisotopic (exact) mass is 472 g/mol. The molecular weight excluding hydrogens is 455 g/mol. The molecule has 0 unspecified atom stereocenters. The molecule has 0 aliphatic carbocycles. The van der Waals surface area contributed by atoms with Gasteiger partial charge in [0.25, 0.3) is 5.91 Å². The van der Waals surface area contributed by atoms with Crippen molar-refractivity contribution < 1.29 is 9.53 Å². The number of amides is 1. The number of hydrogen-bond acceptors (Lipinski definition) is 3. The first kappa shape index (κ1) is 22.4. The van der Waals surface area contributed by atoms with Crippen LogP contribution in [0.15, 0.2) is 90.5 Å². The van der Waals surface area contributed by atoms with Crippen LogP contribution >= 0.6 is 23.2 Å². The predicted molar refractivity (Wildman–Crippen MR) is 133 cm³/mol. The lowest BCUT2D eigenvalue weighted by Gasteiger charge is -2.09. The number of carbonyl (C=O) groups excluding carboxylic acids is 1. The van der Waals surface area contributed by atoms with Crippen molar-refractivity contribution in [3.05, 3.63) is 112 Å². The van der Waals surface area contributed by atoms with Gasteiger partial charge >= 0.3 is 0 Å². The molecule has 0 atom stereocenters. The summed E-state index contributed by atoms with van der Waals surface area (Å²) in [6.45, 7) is 0.437. The zero-order valence-electron chi connectivity index (χ0n) is 17.4. The second-order valence-electron chi connectivity index (χ2n) is 7.25. The quantitative estimate of drug-likeness (QED) is 0.237. The summed E-state index contributed by atoms with van der Waals surface area (Å²) in [5.74, 6) is 0.158. The fraction of sp³-hybridized carbons (Fsp3) is 0.0370. The van der Waals surface area contributed by atoms with E-state index in [2.05, 4.69) is 23.5 Å². The summed E-state index contributed by atoms with van der Waals surface area (Å²) in [4.78, 5) is 12.5. The first-order valence-electron chi connectivity index (χ1n) is 10.1. The van der Waals surface area contributed by atoms with E-state index in [4.69, 9.17) is 27.9 Å². The fourth-order valence-electron chi connectivity index (χ4n) is 3.33. The van der Waals surface area contributed by atoms with Gasteiger partial charge in [-0.2, -0.15) is 5.26 Å². The molecule has 0 spiro atoms. The summed E-state index contributed by atoms with van der Waals surface area (Å²) in [7, 11) is 0. The molecule has 0 aromatic heterocycles. The first-order valence-corrected chi connectivity index (χ1v) is 10.9. The van der Waals surface area contributed by atoms with Crippen molar-refractivity contribution in [1.29, 1.82) is 5.26 Å². The van der Waals surface area contributed by atoms with Crippen LogP contribution in [0.4, 0.5) is 5.69 Å². The molecule has 4 aromatic carbocycles. The minimum Gasteiger partial charge on any atom is -0.489 e. The molecule has 6 heteroatoms. The lowest BCUT2D eigenvalue weighted by Crippen LogP contribution is -2.13. The van der Waals surface area contributed by atoms with Gasteiger partial charge in [-0.15, -0.1) is 0 Å². The summed E-state index contributed by atoms with van der Waals surface area (Å²) in [6, 6.07) is 28.2. The Morgan fingerprint density at radius 1 is 0.939 bits per heavy atom. The molecule has 162 valence electrons. The second-order valence-corrected chi connectivity index (χ2v) is 8.06. The first-order chi connectivity index (χ1) is 16.0. The van der Waals surface area contributed by atoms with Crippen molar-refractivity contribution >= 4 is 51.6 Å². The Morgan fingerprint density at radius 2 is 1.70 bits per heavy atom. The van der Waals surface area contributed by atoms with Crippen molar-refractivity contribution in [2.45, 2.75) is 6.61 Å². The predicted octanol–water partition coefficient (Wildman–Crippen LogP) is 7.27. The number of fused-ring (bicyclic) bond motifs is 1. The fourth-order valence-corrected chi connectivity index (χ4v) is 3.63. The molecule has 0 radical (unpaired) electrons. The Balaban J connectivity index is 1.43. The van der Waals surface area contributed by atoms with Crippen molar-refractivity contribution in [2.24, 2.45) is 0 Å². The summed E-state index contributed by atoms with van der Waals surface area (Å²) in [6.07, 6.45) is 1.52. The van der Waals surface area contributed by atoms with Gasteiger partial charge in [-0.3, -0.25) is 4.79 Å². The van der Waals surface area contributed by atoms with Crippen LogP contribution in [0, 0.1) is 11.3 Å². The summed E-state index contributed by atoms with van der Waals surface area (Å²) in [5, 5.41) is 15.1. The van der Waals surface area contributed by atoms with Gasteiger partial charge < -0.3 is 10.1 Å². The van der Waals surface area contributed by atoms with E-state index in [0.29, 0.717) is 33.7 Å². The third-order valence-electron chi connectivity index (χ3n) is 5.01. The lowest BCUT2D eigenvalue weighted by molar-refractivity contribution is -0.112. The Bertz CT molecular complexity index is 1380. The number of nitriles is 1. The van der Waals surface area contributed by atoms with Gasteiger partial charge in [0, 0.05) is 5.69 Å². The van der Waals surface area contributed by atoms with Crippen molar-refractivity contribution in [3.63, 3.8) is 0 Å². The van der Waals surface area contributed by atoms with Gasteiger partial charge in [0.15, 0.2) is 0 Å². The highest BCUT2D eigenvalue weighted by molar-refractivity contribution is 6.42. The Morgan fingerprint density at radius 3 is 2.45 bits per heavy atom. The molecule has 4 rings (SSSR count). The van der Waals surface area contributed by atoms with E-state index in [0.717, 1.165) is 10.9 Å². The Labute approximate surface area is 201 Å². The zero-order chi connectivity index (χ0) is 23.2. The average molecular weight is 473 g/mol. The number of benzene rings is 4. The molecule has 33 heavy (non-hydrogen) atoms. The number of carbonyl (C=O) groups is 1. The third kappa shape index (κ3) is 5.53. The number of anilines is 1. The van der Waals surface area contributed by atoms with E-state index in [1.54, 1.807) is 24.3 Å². The minimum absolute atomic E-state index is 0.0366. The van der Waals surface area contributed by atoms with Gasteiger partial charge in [-0.05, 0) is 58.3 Å². The van der Waals surface area contributed by atoms with Gasteiger partial charge in [-0.1, -0.05) is 77.8 Å². The SMILES string of the molecule is N#C/C(=C/c1ccc(OCc2cccc3ccccc23)cc1)C(=O)Nc1ccc(Cl)c(Cl)c1. The summed E-state index contributed by atoms with van der Waals surface area (Å²) in [5.41, 5.74) is 2.22. The lowest BCUT2D eigenvalue weighted by atomic mass is 10.1. The maximum absolute atomic E-state index is 12.5. The van der Waals surface area contributed by atoms with Crippen LogP contribution < -0.4 is 10.1 Å². The minimum atomic E-state index is -0.535.